The van der Waals surface area contributed by atoms with E-state index in [1.807, 2.05) is 30.3 Å². The molecule has 0 aromatic heterocycles. The number of hydrogen-bond acceptors (Lipinski definition) is 6. The molecule has 6 N–H and O–H groups in total. The standard InChI is InChI=1S/C29H37ClN4O5S/c1-20(29(32)37)18-34(40(38,39)25-12-13-27(31)26(30)17-25)24(19-35)8-4-5-15-33-28(36)14-10-21-9-11-22-6-2-3-7-23(22)16-21/h2-3,6-7,9,11-13,16-17,20,24,35H,4-5,8,10,14-15,18-19,31H2,1H3,(H2,32,37)(H,33,36). The third-order valence-corrected chi connectivity index (χ3v) is 9.12. The molecule has 216 valence electrons. The van der Waals surface area contributed by atoms with Crippen molar-refractivity contribution < 1.29 is 23.1 Å². The Bertz CT molecular complexity index is 1430. The van der Waals surface area contributed by atoms with Crippen LogP contribution in [-0.4, -0.2) is 55.4 Å². The summed E-state index contributed by atoms with van der Waals surface area (Å²) in [6.45, 7) is 1.30. The van der Waals surface area contributed by atoms with Crippen molar-refractivity contribution >= 4 is 49.9 Å². The van der Waals surface area contributed by atoms with Crippen molar-refractivity contribution in [1.82, 2.24) is 9.62 Å². The minimum absolute atomic E-state index is 0.0633. The van der Waals surface area contributed by atoms with E-state index >= 15 is 0 Å². The molecule has 0 saturated carbocycles. The van der Waals surface area contributed by atoms with Gasteiger partial charge in [-0.25, -0.2) is 8.42 Å². The summed E-state index contributed by atoms with van der Waals surface area (Å²) in [6.07, 6.45) is 2.43. The molecular weight excluding hydrogens is 552 g/mol. The van der Waals surface area contributed by atoms with Crippen LogP contribution in [0.15, 0.2) is 65.6 Å². The van der Waals surface area contributed by atoms with E-state index in [0.29, 0.717) is 38.6 Å². The molecule has 2 amide bonds. The van der Waals surface area contributed by atoms with Crippen LogP contribution < -0.4 is 16.8 Å². The first-order valence-electron chi connectivity index (χ1n) is 13.2. The molecule has 0 spiro atoms. The predicted molar refractivity (Wildman–Crippen MR) is 158 cm³/mol. The van der Waals surface area contributed by atoms with Crippen LogP contribution in [0.4, 0.5) is 5.69 Å². The maximum absolute atomic E-state index is 13.5. The first kappa shape index (κ1) is 31.3. The highest BCUT2D eigenvalue weighted by Crippen LogP contribution is 2.27. The Kier molecular flexibility index (Phi) is 11.3. The number of nitrogens with two attached hydrogens (primary N) is 2. The third kappa shape index (κ3) is 8.41. The van der Waals surface area contributed by atoms with E-state index in [1.54, 1.807) is 0 Å². The van der Waals surface area contributed by atoms with Gasteiger partial charge in [-0.1, -0.05) is 67.4 Å². The van der Waals surface area contributed by atoms with Crippen LogP contribution in [-0.2, 0) is 26.0 Å². The number of aryl methyl sites for hydroxylation is 1. The van der Waals surface area contributed by atoms with E-state index in [-0.39, 0.29) is 28.1 Å². The third-order valence-electron chi connectivity index (χ3n) is 6.88. The molecule has 0 aliphatic carbocycles. The molecule has 0 saturated heterocycles. The number of nitrogens with one attached hydrogen (secondary N) is 1. The molecule has 0 aliphatic heterocycles. The molecule has 0 fully saturated rings. The number of sulfonamides is 1. The van der Waals surface area contributed by atoms with Crippen molar-refractivity contribution in [3.8, 4) is 0 Å². The van der Waals surface area contributed by atoms with E-state index in [0.717, 1.165) is 20.6 Å². The maximum atomic E-state index is 13.5. The molecule has 0 aliphatic rings. The summed E-state index contributed by atoms with van der Waals surface area (Å²) < 4.78 is 28.1. The average molecular weight is 589 g/mol. The van der Waals surface area contributed by atoms with Crippen molar-refractivity contribution in [2.75, 3.05) is 25.4 Å². The van der Waals surface area contributed by atoms with Gasteiger partial charge in [-0.2, -0.15) is 4.31 Å². The Balaban J connectivity index is 1.54. The van der Waals surface area contributed by atoms with Gasteiger partial charge in [0.1, 0.15) is 0 Å². The molecule has 11 heteroatoms. The largest absolute Gasteiger partial charge is 0.398 e. The number of amides is 2. The number of benzene rings is 3. The zero-order valence-electron chi connectivity index (χ0n) is 22.6. The van der Waals surface area contributed by atoms with Crippen LogP contribution in [0.2, 0.25) is 5.02 Å². The van der Waals surface area contributed by atoms with Crippen LogP contribution >= 0.6 is 11.6 Å². The average Bonchev–Trinajstić information content (AvgIpc) is 2.93. The SMILES string of the molecule is CC(CN(C(CO)CCCCNC(=O)CCc1ccc2ccccc2c1)S(=O)(=O)c1ccc(N)c(Cl)c1)C(N)=O. The Morgan fingerprint density at radius 2 is 1.77 bits per heavy atom. The van der Waals surface area contributed by atoms with Crippen LogP contribution in [0, 0.1) is 5.92 Å². The quantitative estimate of drug-likeness (QED) is 0.157. The number of anilines is 1. The number of aliphatic hydroxyl groups is 1. The Hall–Kier alpha value is -3.18. The highest BCUT2D eigenvalue weighted by atomic mass is 35.5. The van der Waals surface area contributed by atoms with Crippen molar-refractivity contribution in [3.05, 3.63) is 71.2 Å². The molecule has 3 aromatic rings. The summed E-state index contributed by atoms with van der Waals surface area (Å²) in [4.78, 5) is 24.0. The molecular formula is C29H37ClN4O5S. The number of carbonyl (C=O) groups excluding carboxylic acids is 2. The zero-order chi connectivity index (χ0) is 29.3. The first-order valence-corrected chi connectivity index (χ1v) is 15.1. The van der Waals surface area contributed by atoms with Crippen molar-refractivity contribution in [3.63, 3.8) is 0 Å². The van der Waals surface area contributed by atoms with Gasteiger partial charge in [-0.05, 0) is 53.8 Å². The molecule has 0 heterocycles. The lowest BCUT2D eigenvalue weighted by atomic mass is 10.0. The number of fused-ring (bicyclic) bond motifs is 1. The molecule has 3 rings (SSSR count). The molecule has 3 aromatic carbocycles. The van der Waals surface area contributed by atoms with Crippen LogP contribution in [0.3, 0.4) is 0 Å². The lowest BCUT2D eigenvalue weighted by Crippen LogP contribution is -2.46. The molecule has 2 atom stereocenters. The summed E-state index contributed by atoms with van der Waals surface area (Å²) in [7, 11) is -4.13. The van der Waals surface area contributed by atoms with Gasteiger partial charge in [-0.15, -0.1) is 0 Å². The van der Waals surface area contributed by atoms with Crippen molar-refractivity contribution in [2.45, 2.75) is 50.0 Å². The van der Waals surface area contributed by atoms with E-state index in [1.165, 1.54) is 25.1 Å². The van der Waals surface area contributed by atoms with Crippen LogP contribution in [0.5, 0.6) is 0 Å². The van der Waals surface area contributed by atoms with Gasteiger partial charge < -0.3 is 21.9 Å². The number of halogens is 1. The number of rotatable bonds is 15. The number of aliphatic hydroxyl groups excluding tert-OH is 1. The van der Waals surface area contributed by atoms with Gasteiger partial charge >= 0.3 is 0 Å². The highest BCUT2D eigenvalue weighted by Gasteiger charge is 2.33. The van der Waals surface area contributed by atoms with Gasteiger partial charge in [0.25, 0.3) is 0 Å². The molecule has 2 unspecified atom stereocenters. The molecule has 0 radical (unpaired) electrons. The molecule has 40 heavy (non-hydrogen) atoms. The van der Waals surface area contributed by atoms with E-state index in [9.17, 15) is 23.1 Å². The predicted octanol–water partition coefficient (Wildman–Crippen LogP) is 3.47. The Morgan fingerprint density at radius 1 is 1.05 bits per heavy atom. The number of primary amides is 1. The van der Waals surface area contributed by atoms with Gasteiger partial charge in [0.15, 0.2) is 0 Å². The summed E-state index contributed by atoms with van der Waals surface area (Å²) in [6, 6.07) is 17.4. The van der Waals surface area contributed by atoms with Crippen LogP contribution in [0.25, 0.3) is 10.8 Å². The number of nitrogens with zero attached hydrogens (tertiary/aromatic N) is 1. The number of nitrogen functional groups attached to an aromatic ring is 1. The minimum atomic E-state index is -4.13. The molecule has 0 bridgehead atoms. The van der Waals surface area contributed by atoms with Gasteiger partial charge in [0.2, 0.25) is 21.8 Å². The number of carbonyl (C=O) groups is 2. The fraction of sp³-hybridized carbons (Fsp3) is 0.379. The lowest BCUT2D eigenvalue weighted by Gasteiger charge is -2.31. The second-order valence-electron chi connectivity index (χ2n) is 9.93. The number of hydrogen-bond donors (Lipinski definition) is 4. The maximum Gasteiger partial charge on any atom is 0.243 e. The second kappa shape index (κ2) is 14.5. The fourth-order valence-corrected chi connectivity index (χ4v) is 6.41. The van der Waals surface area contributed by atoms with Gasteiger partial charge in [0, 0.05) is 31.5 Å². The zero-order valence-corrected chi connectivity index (χ0v) is 24.1. The van der Waals surface area contributed by atoms with E-state index < -0.39 is 34.5 Å². The van der Waals surface area contributed by atoms with Crippen molar-refractivity contribution in [2.24, 2.45) is 11.7 Å². The normalized spacial score (nSPS) is 13.3. The lowest BCUT2D eigenvalue weighted by molar-refractivity contribution is -0.122. The van der Waals surface area contributed by atoms with Crippen molar-refractivity contribution in [1.29, 1.82) is 0 Å². The topological polar surface area (TPSA) is 156 Å². The summed E-state index contributed by atoms with van der Waals surface area (Å²) in [5.74, 6) is -1.50. The van der Waals surface area contributed by atoms with Gasteiger partial charge in [-0.3, -0.25) is 9.59 Å². The smallest absolute Gasteiger partial charge is 0.243 e. The summed E-state index contributed by atoms with van der Waals surface area (Å²) in [5, 5.41) is 15.4. The Morgan fingerprint density at radius 3 is 2.45 bits per heavy atom. The minimum Gasteiger partial charge on any atom is -0.398 e. The van der Waals surface area contributed by atoms with E-state index in [4.69, 9.17) is 23.1 Å². The summed E-state index contributed by atoms with van der Waals surface area (Å²) in [5.41, 5.74) is 12.5. The highest BCUT2D eigenvalue weighted by molar-refractivity contribution is 7.89. The van der Waals surface area contributed by atoms with Gasteiger partial charge in [0.05, 0.1) is 22.2 Å². The van der Waals surface area contributed by atoms with Crippen LogP contribution in [0.1, 0.15) is 38.2 Å². The van der Waals surface area contributed by atoms with E-state index in [2.05, 4.69) is 17.4 Å². The monoisotopic (exact) mass is 588 g/mol. The molecule has 9 nitrogen and oxygen atoms in total. The Labute approximate surface area is 240 Å². The summed E-state index contributed by atoms with van der Waals surface area (Å²) >= 11 is 6.05. The number of unbranched alkanes of at least 4 members (excludes halogenated alkanes) is 1. The fourth-order valence-electron chi connectivity index (χ4n) is 4.41. The second-order valence-corrected chi connectivity index (χ2v) is 12.2. The first-order chi connectivity index (χ1) is 19.0.